The quantitative estimate of drug-likeness (QED) is 0.897. The van der Waals surface area contributed by atoms with Crippen LogP contribution in [-0.4, -0.2) is 16.3 Å². The molecule has 0 radical (unpaired) electrons. The Labute approximate surface area is 113 Å². The van der Waals surface area contributed by atoms with Crippen molar-refractivity contribution in [2.75, 3.05) is 6.61 Å². The van der Waals surface area contributed by atoms with E-state index in [1.54, 1.807) is 0 Å². The number of benzene rings is 1. The van der Waals surface area contributed by atoms with Crippen LogP contribution in [0.4, 0.5) is 0 Å². The molecule has 0 saturated carbocycles. The van der Waals surface area contributed by atoms with E-state index < -0.39 is 0 Å². The van der Waals surface area contributed by atoms with Crippen LogP contribution in [0.15, 0.2) is 24.3 Å². The lowest BCUT2D eigenvalue weighted by molar-refractivity contribution is 0.281. The first kappa shape index (κ1) is 12.3. The number of aromatic nitrogens is 1. The van der Waals surface area contributed by atoms with Gasteiger partial charge in [-0.2, -0.15) is 0 Å². The van der Waals surface area contributed by atoms with Crippen molar-refractivity contribution in [3.63, 3.8) is 0 Å². The van der Waals surface area contributed by atoms with Gasteiger partial charge in [-0.05, 0) is 60.7 Å². The molecule has 2 heterocycles. The molecule has 0 spiro atoms. The van der Waals surface area contributed by atoms with Crippen LogP contribution < -0.4 is 4.74 Å². The third-order valence-electron chi connectivity index (χ3n) is 4.01. The molecule has 1 N–H and O–H groups in total. The smallest absolute Gasteiger partial charge is 0.122 e. The highest BCUT2D eigenvalue weighted by atomic mass is 16.5. The summed E-state index contributed by atoms with van der Waals surface area (Å²) in [6.07, 6.45) is 2.17. The number of ether oxygens (including phenoxy) is 1. The molecular formula is C16H19NO2. The Balaban J connectivity index is 2.07. The summed E-state index contributed by atoms with van der Waals surface area (Å²) < 4.78 is 7.78. The van der Waals surface area contributed by atoms with Crippen LogP contribution in [0, 0.1) is 6.92 Å². The predicted octanol–water partition coefficient (Wildman–Crippen LogP) is 2.82. The third kappa shape index (κ3) is 2.04. The van der Waals surface area contributed by atoms with Crippen LogP contribution in [0.5, 0.6) is 5.75 Å². The van der Waals surface area contributed by atoms with Crippen molar-refractivity contribution in [3.05, 3.63) is 41.1 Å². The van der Waals surface area contributed by atoms with E-state index in [0.29, 0.717) is 0 Å². The third-order valence-corrected chi connectivity index (χ3v) is 4.01. The Morgan fingerprint density at radius 2 is 2.16 bits per heavy atom. The van der Waals surface area contributed by atoms with Gasteiger partial charge in [-0.3, -0.25) is 0 Å². The Morgan fingerprint density at radius 3 is 2.89 bits per heavy atom. The van der Waals surface area contributed by atoms with E-state index in [0.717, 1.165) is 42.1 Å². The Hall–Kier alpha value is -1.74. The molecule has 0 bridgehead atoms. The number of aryl methyl sites for hydroxylation is 1. The molecule has 19 heavy (non-hydrogen) atoms. The van der Waals surface area contributed by atoms with Crippen LogP contribution in [0.3, 0.4) is 0 Å². The van der Waals surface area contributed by atoms with E-state index in [2.05, 4.69) is 28.8 Å². The van der Waals surface area contributed by atoms with E-state index in [1.807, 2.05) is 14.0 Å². The molecule has 0 saturated heterocycles. The summed E-state index contributed by atoms with van der Waals surface area (Å²) in [4.78, 5) is 0. The molecule has 0 aliphatic carbocycles. The highest BCUT2D eigenvalue weighted by Crippen LogP contribution is 2.31. The highest BCUT2D eigenvalue weighted by Gasteiger charge is 2.14. The van der Waals surface area contributed by atoms with Crippen molar-refractivity contribution < 1.29 is 9.84 Å². The Kier molecular flexibility index (Phi) is 3.07. The molecule has 0 unspecified atom stereocenters. The molecule has 3 rings (SSSR count). The molecule has 100 valence electrons. The highest BCUT2D eigenvalue weighted by molar-refractivity contribution is 5.65. The topological polar surface area (TPSA) is 34.4 Å². The van der Waals surface area contributed by atoms with E-state index in [1.165, 1.54) is 11.1 Å². The van der Waals surface area contributed by atoms with Gasteiger partial charge in [0.2, 0.25) is 0 Å². The van der Waals surface area contributed by atoms with Gasteiger partial charge < -0.3 is 14.4 Å². The zero-order valence-electron chi connectivity index (χ0n) is 11.4. The first-order valence-corrected chi connectivity index (χ1v) is 6.73. The molecule has 0 fully saturated rings. The molecule has 3 nitrogen and oxygen atoms in total. The van der Waals surface area contributed by atoms with Gasteiger partial charge in [-0.1, -0.05) is 0 Å². The summed E-state index contributed by atoms with van der Waals surface area (Å²) in [5.74, 6) is 1.02. The SMILES string of the molecule is Cc1c(CO)cc(-c2ccc3c(c2)CCCO3)n1C. The van der Waals surface area contributed by atoms with E-state index in [4.69, 9.17) is 4.74 Å². The van der Waals surface area contributed by atoms with Crippen molar-refractivity contribution in [2.45, 2.75) is 26.4 Å². The molecule has 2 aromatic rings. The monoisotopic (exact) mass is 257 g/mol. The summed E-state index contributed by atoms with van der Waals surface area (Å²) in [6, 6.07) is 8.44. The van der Waals surface area contributed by atoms with Gasteiger partial charge in [-0.25, -0.2) is 0 Å². The summed E-state index contributed by atoms with van der Waals surface area (Å²) in [5.41, 5.74) is 5.73. The second-order valence-electron chi connectivity index (χ2n) is 5.13. The van der Waals surface area contributed by atoms with Gasteiger partial charge in [0.05, 0.1) is 13.2 Å². The number of rotatable bonds is 2. The van der Waals surface area contributed by atoms with Gasteiger partial charge >= 0.3 is 0 Å². The second kappa shape index (κ2) is 4.74. The van der Waals surface area contributed by atoms with Gasteiger partial charge in [-0.15, -0.1) is 0 Å². The fourth-order valence-electron chi connectivity index (χ4n) is 2.72. The van der Waals surface area contributed by atoms with Crippen LogP contribution in [-0.2, 0) is 20.1 Å². The maximum absolute atomic E-state index is 9.36. The first-order valence-electron chi connectivity index (χ1n) is 6.73. The maximum atomic E-state index is 9.36. The van der Waals surface area contributed by atoms with Crippen molar-refractivity contribution in [2.24, 2.45) is 7.05 Å². The molecular weight excluding hydrogens is 238 g/mol. The lowest BCUT2D eigenvalue weighted by atomic mass is 10.0. The predicted molar refractivity (Wildman–Crippen MR) is 75.3 cm³/mol. The van der Waals surface area contributed by atoms with E-state index in [-0.39, 0.29) is 6.61 Å². The van der Waals surface area contributed by atoms with Crippen LogP contribution in [0.1, 0.15) is 23.2 Å². The number of aliphatic hydroxyl groups is 1. The lowest BCUT2D eigenvalue weighted by Crippen LogP contribution is -2.08. The number of hydrogen-bond donors (Lipinski definition) is 1. The zero-order chi connectivity index (χ0) is 13.4. The number of nitrogens with zero attached hydrogens (tertiary/aromatic N) is 1. The number of hydrogen-bond acceptors (Lipinski definition) is 2. The zero-order valence-corrected chi connectivity index (χ0v) is 11.4. The van der Waals surface area contributed by atoms with Crippen LogP contribution in [0.25, 0.3) is 11.3 Å². The minimum absolute atomic E-state index is 0.0910. The van der Waals surface area contributed by atoms with Gasteiger partial charge in [0.25, 0.3) is 0 Å². The number of aliphatic hydroxyl groups excluding tert-OH is 1. The van der Waals surface area contributed by atoms with E-state index in [9.17, 15) is 5.11 Å². The summed E-state index contributed by atoms with van der Waals surface area (Å²) in [6.45, 7) is 2.95. The van der Waals surface area contributed by atoms with Crippen molar-refractivity contribution >= 4 is 0 Å². The first-order chi connectivity index (χ1) is 9.20. The van der Waals surface area contributed by atoms with Gasteiger partial charge in [0.1, 0.15) is 5.75 Å². The maximum Gasteiger partial charge on any atom is 0.122 e. The molecule has 0 amide bonds. The van der Waals surface area contributed by atoms with Gasteiger partial charge in [0, 0.05) is 18.4 Å². The standard InChI is InChI=1S/C16H19NO2/c1-11-14(10-18)9-15(17(11)2)12-5-6-16-13(8-12)4-3-7-19-16/h5-6,8-9,18H,3-4,7,10H2,1-2H3. The fourth-order valence-corrected chi connectivity index (χ4v) is 2.72. The fraction of sp³-hybridized carbons (Fsp3) is 0.375. The molecule has 1 aromatic heterocycles. The summed E-state index contributed by atoms with van der Waals surface area (Å²) in [7, 11) is 2.04. The summed E-state index contributed by atoms with van der Waals surface area (Å²) >= 11 is 0. The minimum Gasteiger partial charge on any atom is -0.493 e. The largest absolute Gasteiger partial charge is 0.493 e. The minimum atomic E-state index is 0.0910. The van der Waals surface area contributed by atoms with Crippen molar-refractivity contribution in [1.82, 2.24) is 4.57 Å². The van der Waals surface area contributed by atoms with Crippen LogP contribution in [0.2, 0.25) is 0 Å². The van der Waals surface area contributed by atoms with Crippen LogP contribution >= 0.6 is 0 Å². The molecule has 3 heteroatoms. The molecule has 1 aromatic carbocycles. The van der Waals surface area contributed by atoms with Gasteiger partial charge in [0.15, 0.2) is 0 Å². The summed E-state index contributed by atoms with van der Waals surface area (Å²) in [5, 5.41) is 9.36. The molecule has 1 aliphatic rings. The molecule has 0 atom stereocenters. The Bertz CT molecular complexity index is 613. The van der Waals surface area contributed by atoms with Crippen molar-refractivity contribution in [3.8, 4) is 17.0 Å². The average Bonchev–Trinajstić information content (AvgIpc) is 2.74. The second-order valence-corrected chi connectivity index (χ2v) is 5.13. The Morgan fingerprint density at radius 1 is 1.32 bits per heavy atom. The average molecular weight is 257 g/mol. The van der Waals surface area contributed by atoms with Crippen molar-refractivity contribution in [1.29, 1.82) is 0 Å². The number of fused-ring (bicyclic) bond motifs is 1. The normalized spacial score (nSPS) is 14.1. The lowest BCUT2D eigenvalue weighted by Gasteiger charge is -2.18. The molecule has 1 aliphatic heterocycles. The van der Waals surface area contributed by atoms with E-state index >= 15 is 0 Å².